The smallest absolute Gasteiger partial charge is 0.233 e. The fraction of sp³-hybridized carbons (Fsp3) is 0.462. The lowest BCUT2D eigenvalue weighted by Crippen LogP contribution is -2.31. The van der Waals surface area contributed by atoms with Crippen LogP contribution in [0, 0.1) is 0 Å². The first-order chi connectivity index (χ1) is 8.17. The van der Waals surface area contributed by atoms with Crippen LogP contribution in [-0.4, -0.2) is 24.8 Å². The van der Waals surface area contributed by atoms with Crippen molar-refractivity contribution in [1.29, 1.82) is 0 Å². The normalized spacial score (nSPS) is 11.9. The van der Waals surface area contributed by atoms with Crippen molar-refractivity contribution in [2.45, 2.75) is 30.4 Å². The van der Waals surface area contributed by atoms with Gasteiger partial charge in [-0.2, -0.15) is 0 Å². The molecule has 0 saturated carbocycles. The summed E-state index contributed by atoms with van der Waals surface area (Å²) in [6.45, 7) is 4.70. The molecule has 1 aromatic rings. The quantitative estimate of drug-likeness (QED) is 0.792. The van der Waals surface area contributed by atoms with Crippen LogP contribution in [-0.2, 0) is 4.79 Å². The summed E-state index contributed by atoms with van der Waals surface area (Å²) < 4.78 is 5.09. The molecule has 0 aliphatic rings. The Bertz CT molecular complexity index is 351. The zero-order valence-electron chi connectivity index (χ0n) is 10.5. The Labute approximate surface area is 107 Å². The molecule has 3 nitrogen and oxygen atoms in total. The highest BCUT2D eigenvalue weighted by Gasteiger charge is 2.13. The minimum Gasteiger partial charge on any atom is -0.497 e. The van der Waals surface area contributed by atoms with Gasteiger partial charge in [-0.15, -0.1) is 11.8 Å². The molecule has 0 spiro atoms. The summed E-state index contributed by atoms with van der Waals surface area (Å²) in [5, 5.41) is 2.82. The summed E-state index contributed by atoms with van der Waals surface area (Å²) in [4.78, 5) is 12.7. The van der Waals surface area contributed by atoms with E-state index in [-0.39, 0.29) is 11.2 Å². The molecule has 0 aliphatic carbocycles. The molecule has 0 saturated heterocycles. The van der Waals surface area contributed by atoms with E-state index in [1.54, 1.807) is 18.9 Å². The molecule has 1 atom stereocenters. The number of nitrogens with one attached hydrogen (secondary N) is 1. The van der Waals surface area contributed by atoms with Crippen molar-refractivity contribution in [3.05, 3.63) is 24.3 Å². The highest BCUT2D eigenvalue weighted by Crippen LogP contribution is 2.25. The largest absolute Gasteiger partial charge is 0.497 e. The number of rotatable bonds is 6. The predicted molar refractivity (Wildman–Crippen MR) is 71.6 cm³/mol. The molecule has 4 heteroatoms. The maximum Gasteiger partial charge on any atom is 0.233 e. The number of benzene rings is 1. The van der Waals surface area contributed by atoms with Crippen LogP contribution in [0.2, 0.25) is 0 Å². The fourth-order valence-electron chi connectivity index (χ4n) is 1.30. The Morgan fingerprint density at radius 2 is 2.06 bits per heavy atom. The van der Waals surface area contributed by atoms with Gasteiger partial charge in [0, 0.05) is 11.4 Å². The van der Waals surface area contributed by atoms with Crippen molar-refractivity contribution in [3.63, 3.8) is 0 Å². The van der Waals surface area contributed by atoms with Crippen molar-refractivity contribution in [2.75, 3.05) is 13.7 Å². The van der Waals surface area contributed by atoms with Crippen molar-refractivity contribution in [1.82, 2.24) is 5.32 Å². The molecule has 0 unspecified atom stereocenters. The van der Waals surface area contributed by atoms with Gasteiger partial charge in [-0.3, -0.25) is 4.79 Å². The third-order valence-corrected chi connectivity index (χ3v) is 3.40. The van der Waals surface area contributed by atoms with Crippen molar-refractivity contribution in [3.8, 4) is 5.75 Å². The Kier molecular flexibility index (Phi) is 5.91. The molecule has 94 valence electrons. The van der Waals surface area contributed by atoms with E-state index in [9.17, 15) is 4.79 Å². The topological polar surface area (TPSA) is 38.3 Å². The molecular weight excluding hydrogens is 234 g/mol. The number of amides is 1. The minimum atomic E-state index is -0.0741. The zero-order valence-corrected chi connectivity index (χ0v) is 11.3. The molecule has 0 fully saturated rings. The van der Waals surface area contributed by atoms with Gasteiger partial charge in [0.2, 0.25) is 5.91 Å². The zero-order chi connectivity index (χ0) is 12.7. The molecular formula is C13H19NO2S. The summed E-state index contributed by atoms with van der Waals surface area (Å²) in [6, 6.07) is 7.73. The Hall–Kier alpha value is -1.16. The average Bonchev–Trinajstić information content (AvgIpc) is 2.36. The van der Waals surface area contributed by atoms with Crippen molar-refractivity contribution < 1.29 is 9.53 Å². The third kappa shape index (κ3) is 4.69. The summed E-state index contributed by atoms with van der Waals surface area (Å²) >= 11 is 1.55. The molecule has 1 N–H and O–H groups in total. The molecule has 17 heavy (non-hydrogen) atoms. The van der Waals surface area contributed by atoms with Gasteiger partial charge in [0.15, 0.2) is 0 Å². The first-order valence-corrected chi connectivity index (χ1v) is 6.63. The Morgan fingerprint density at radius 1 is 1.41 bits per heavy atom. The minimum absolute atomic E-state index is 0.0741. The highest BCUT2D eigenvalue weighted by atomic mass is 32.2. The maximum atomic E-state index is 11.7. The van der Waals surface area contributed by atoms with Crippen LogP contribution in [0.15, 0.2) is 29.2 Å². The maximum absolute atomic E-state index is 11.7. The van der Waals surface area contributed by atoms with E-state index in [1.807, 2.05) is 38.1 Å². The molecule has 1 amide bonds. The van der Waals surface area contributed by atoms with Crippen LogP contribution in [0.25, 0.3) is 0 Å². The van der Waals surface area contributed by atoms with E-state index in [0.717, 1.165) is 23.6 Å². The summed E-state index contributed by atoms with van der Waals surface area (Å²) in [7, 11) is 1.64. The van der Waals surface area contributed by atoms with Crippen LogP contribution >= 0.6 is 11.8 Å². The van der Waals surface area contributed by atoms with E-state index < -0.39 is 0 Å². The highest BCUT2D eigenvalue weighted by molar-refractivity contribution is 8.00. The van der Waals surface area contributed by atoms with Gasteiger partial charge in [-0.25, -0.2) is 0 Å². The molecule has 0 radical (unpaired) electrons. The number of carbonyl (C=O) groups excluding carboxylic acids is 1. The van der Waals surface area contributed by atoms with Crippen molar-refractivity contribution in [2.24, 2.45) is 0 Å². The van der Waals surface area contributed by atoms with Gasteiger partial charge in [0.1, 0.15) is 5.75 Å². The monoisotopic (exact) mass is 253 g/mol. The Balaban J connectivity index is 2.49. The lowest BCUT2D eigenvalue weighted by molar-refractivity contribution is -0.120. The van der Waals surface area contributed by atoms with E-state index in [1.165, 1.54) is 0 Å². The Morgan fingerprint density at radius 3 is 2.59 bits per heavy atom. The van der Waals surface area contributed by atoms with Crippen LogP contribution in [0.1, 0.15) is 20.3 Å². The van der Waals surface area contributed by atoms with E-state index in [0.29, 0.717) is 0 Å². The van der Waals surface area contributed by atoms with Gasteiger partial charge in [-0.1, -0.05) is 6.92 Å². The summed E-state index contributed by atoms with van der Waals surface area (Å²) in [5.74, 6) is 0.921. The second-order valence-electron chi connectivity index (χ2n) is 3.73. The average molecular weight is 253 g/mol. The van der Waals surface area contributed by atoms with Gasteiger partial charge in [-0.05, 0) is 37.6 Å². The summed E-state index contributed by atoms with van der Waals surface area (Å²) in [5.41, 5.74) is 0. The van der Waals surface area contributed by atoms with Gasteiger partial charge in [0.25, 0.3) is 0 Å². The van der Waals surface area contributed by atoms with Gasteiger partial charge in [0.05, 0.1) is 12.4 Å². The second-order valence-corrected chi connectivity index (χ2v) is 5.14. The lowest BCUT2D eigenvalue weighted by Gasteiger charge is -2.11. The molecule has 1 aromatic carbocycles. The number of ether oxygens (including phenoxy) is 1. The van der Waals surface area contributed by atoms with Gasteiger partial charge >= 0.3 is 0 Å². The number of methoxy groups -OCH3 is 1. The number of carbonyl (C=O) groups is 1. The van der Waals surface area contributed by atoms with Crippen LogP contribution < -0.4 is 10.1 Å². The van der Waals surface area contributed by atoms with E-state index >= 15 is 0 Å². The van der Waals surface area contributed by atoms with Crippen LogP contribution in [0.5, 0.6) is 5.75 Å². The summed E-state index contributed by atoms with van der Waals surface area (Å²) in [6.07, 6.45) is 0.964. The SMILES string of the molecule is CCCNC(=O)[C@H](C)Sc1ccc(OC)cc1. The number of hydrogen-bond donors (Lipinski definition) is 1. The van der Waals surface area contributed by atoms with Crippen LogP contribution in [0.4, 0.5) is 0 Å². The van der Waals surface area contributed by atoms with E-state index in [2.05, 4.69) is 5.32 Å². The van der Waals surface area contributed by atoms with Gasteiger partial charge < -0.3 is 10.1 Å². The third-order valence-electron chi connectivity index (χ3n) is 2.29. The molecule has 0 aliphatic heterocycles. The van der Waals surface area contributed by atoms with Crippen molar-refractivity contribution >= 4 is 17.7 Å². The first kappa shape index (κ1) is 13.9. The second kappa shape index (κ2) is 7.22. The fourth-order valence-corrected chi connectivity index (χ4v) is 2.20. The standard InChI is InChI=1S/C13H19NO2S/c1-4-9-14-13(15)10(2)17-12-7-5-11(16-3)6-8-12/h5-8,10H,4,9H2,1-3H3,(H,14,15)/t10-/m0/s1. The molecule has 0 bridgehead atoms. The van der Waals surface area contributed by atoms with E-state index in [4.69, 9.17) is 4.74 Å². The lowest BCUT2D eigenvalue weighted by atomic mass is 10.3. The predicted octanol–water partition coefficient (Wildman–Crippen LogP) is 2.70. The first-order valence-electron chi connectivity index (χ1n) is 5.75. The number of thioether (sulfide) groups is 1. The number of hydrogen-bond acceptors (Lipinski definition) is 3. The molecule has 1 rings (SSSR count). The molecule has 0 aromatic heterocycles. The molecule has 0 heterocycles. The van der Waals surface area contributed by atoms with Crippen LogP contribution in [0.3, 0.4) is 0 Å².